The summed E-state index contributed by atoms with van der Waals surface area (Å²) in [7, 11) is 0. The molecule has 1 aromatic rings. The smallest absolute Gasteiger partial charge is 0.407 e. The molecule has 1 aromatic carbocycles. The van der Waals surface area contributed by atoms with Gasteiger partial charge in [-0.3, -0.25) is 0 Å². The maximum absolute atomic E-state index is 11.4. The van der Waals surface area contributed by atoms with Crippen LogP contribution in [0.4, 0.5) is 10.5 Å². The normalized spacial score (nSPS) is 12.6. The number of carbonyl (C=O) groups excluding carboxylic acids is 1. The Kier molecular flexibility index (Phi) is 5.63. The molecule has 5 heteroatoms. The van der Waals surface area contributed by atoms with Crippen molar-refractivity contribution in [2.45, 2.75) is 32.5 Å². The summed E-state index contributed by atoms with van der Waals surface area (Å²) >= 11 is 0. The molecule has 0 aromatic heterocycles. The number of ether oxygens (including phenoxy) is 1. The van der Waals surface area contributed by atoms with Crippen molar-refractivity contribution in [3.8, 4) is 0 Å². The van der Waals surface area contributed by atoms with E-state index < -0.39 is 17.8 Å². The first-order valence-corrected chi connectivity index (χ1v) is 6.30. The zero-order valence-corrected chi connectivity index (χ0v) is 11.6. The highest BCUT2D eigenvalue weighted by Crippen LogP contribution is 2.06. The van der Waals surface area contributed by atoms with Gasteiger partial charge in [0.25, 0.3) is 0 Å². The molecule has 0 aliphatic rings. The number of anilines is 1. The summed E-state index contributed by atoms with van der Waals surface area (Å²) in [5, 5.41) is 15.3. The number of hydrogen-bond donors (Lipinski definition) is 3. The quantitative estimate of drug-likeness (QED) is 0.762. The number of aliphatic hydroxyl groups excluding tert-OH is 1. The molecule has 5 nitrogen and oxygen atoms in total. The van der Waals surface area contributed by atoms with Crippen LogP contribution in [0.25, 0.3) is 0 Å². The van der Waals surface area contributed by atoms with Gasteiger partial charge in [0.1, 0.15) is 5.60 Å². The Hall–Kier alpha value is -1.75. The van der Waals surface area contributed by atoms with Crippen molar-refractivity contribution in [3.63, 3.8) is 0 Å². The molecular weight excluding hydrogens is 244 g/mol. The molecule has 3 N–H and O–H groups in total. The second-order valence-electron chi connectivity index (χ2n) is 5.28. The highest BCUT2D eigenvalue weighted by atomic mass is 16.6. The van der Waals surface area contributed by atoms with E-state index in [1.807, 2.05) is 30.3 Å². The van der Waals surface area contributed by atoms with Gasteiger partial charge in [-0.25, -0.2) is 4.79 Å². The molecule has 0 heterocycles. The first-order chi connectivity index (χ1) is 8.87. The fraction of sp³-hybridized carbons (Fsp3) is 0.500. The second kappa shape index (κ2) is 6.99. The molecule has 0 saturated heterocycles. The van der Waals surface area contributed by atoms with Gasteiger partial charge < -0.3 is 20.5 Å². The van der Waals surface area contributed by atoms with Gasteiger partial charge >= 0.3 is 6.09 Å². The van der Waals surface area contributed by atoms with E-state index in [4.69, 9.17) is 4.74 Å². The van der Waals surface area contributed by atoms with Crippen LogP contribution in [-0.2, 0) is 4.74 Å². The van der Waals surface area contributed by atoms with Gasteiger partial charge in [0.05, 0.1) is 6.10 Å². The minimum Gasteiger partial charge on any atom is -0.444 e. The number of amides is 1. The molecule has 0 aliphatic carbocycles. The molecule has 0 radical (unpaired) electrons. The first-order valence-electron chi connectivity index (χ1n) is 6.30. The number of aliphatic hydroxyl groups is 1. The number of carbonyl (C=O) groups is 1. The Morgan fingerprint density at radius 2 is 1.89 bits per heavy atom. The summed E-state index contributed by atoms with van der Waals surface area (Å²) in [6.45, 7) is 5.88. The maximum Gasteiger partial charge on any atom is 0.407 e. The third kappa shape index (κ3) is 7.31. The van der Waals surface area contributed by atoms with Crippen LogP contribution in [0.2, 0.25) is 0 Å². The summed E-state index contributed by atoms with van der Waals surface area (Å²) in [4.78, 5) is 11.4. The topological polar surface area (TPSA) is 70.6 Å². The van der Waals surface area contributed by atoms with Crippen LogP contribution in [0.1, 0.15) is 20.8 Å². The molecule has 106 valence electrons. The van der Waals surface area contributed by atoms with Gasteiger partial charge in [-0.2, -0.15) is 0 Å². The summed E-state index contributed by atoms with van der Waals surface area (Å²) in [6.07, 6.45) is -1.20. The lowest BCUT2D eigenvalue weighted by Gasteiger charge is -2.20. The second-order valence-corrected chi connectivity index (χ2v) is 5.28. The fourth-order valence-electron chi connectivity index (χ4n) is 1.38. The minimum absolute atomic E-state index is 0.148. The third-order valence-corrected chi connectivity index (χ3v) is 2.20. The lowest BCUT2D eigenvalue weighted by molar-refractivity contribution is 0.0496. The summed E-state index contributed by atoms with van der Waals surface area (Å²) in [5.41, 5.74) is 0.399. The maximum atomic E-state index is 11.4. The Morgan fingerprint density at radius 1 is 1.26 bits per heavy atom. The molecule has 1 unspecified atom stereocenters. The van der Waals surface area contributed by atoms with Crippen molar-refractivity contribution in [1.82, 2.24) is 5.32 Å². The lowest BCUT2D eigenvalue weighted by Crippen LogP contribution is -2.39. The number of hydrogen-bond acceptors (Lipinski definition) is 4. The number of benzene rings is 1. The van der Waals surface area contributed by atoms with Gasteiger partial charge in [0.15, 0.2) is 0 Å². The first kappa shape index (κ1) is 15.3. The van der Waals surface area contributed by atoms with E-state index in [1.165, 1.54) is 0 Å². The predicted molar refractivity (Wildman–Crippen MR) is 75.2 cm³/mol. The molecule has 1 amide bonds. The molecule has 19 heavy (non-hydrogen) atoms. The van der Waals surface area contributed by atoms with Crippen molar-refractivity contribution < 1.29 is 14.6 Å². The standard InChI is InChI=1S/C14H22N2O3/c1-14(2,3)19-13(18)16-10-12(17)9-15-11-7-5-4-6-8-11/h4-8,12,15,17H,9-10H2,1-3H3,(H,16,18). The minimum atomic E-state index is -0.673. The molecule has 0 spiro atoms. The van der Waals surface area contributed by atoms with E-state index in [0.717, 1.165) is 5.69 Å². The zero-order chi connectivity index (χ0) is 14.3. The van der Waals surface area contributed by atoms with Crippen LogP contribution < -0.4 is 10.6 Å². The van der Waals surface area contributed by atoms with Crippen LogP contribution in [0, 0.1) is 0 Å². The molecule has 0 fully saturated rings. The van der Waals surface area contributed by atoms with Gasteiger partial charge in [-0.05, 0) is 32.9 Å². The van der Waals surface area contributed by atoms with Crippen LogP contribution in [-0.4, -0.2) is 36.0 Å². The van der Waals surface area contributed by atoms with E-state index in [0.29, 0.717) is 6.54 Å². The van der Waals surface area contributed by atoms with Gasteiger partial charge in [0.2, 0.25) is 0 Å². The number of alkyl carbamates (subject to hydrolysis) is 1. The molecule has 1 rings (SSSR count). The van der Waals surface area contributed by atoms with E-state index in [1.54, 1.807) is 20.8 Å². The number of nitrogens with one attached hydrogen (secondary N) is 2. The SMILES string of the molecule is CC(C)(C)OC(=O)NCC(O)CNc1ccccc1. The van der Waals surface area contributed by atoms with E-state index in [2.05, 4.69) is 10.6 Å². The van der Waals surface area contributed by atoms with Crippen molar-refractivity contribution in [2.24, 2.45) is 0 Å². The predicted octanol–water partition coefficient (Wildman–Crippen LogP) is 1.98. The molecule has 1 atom stereocenters. The van der Waals surface area contributed by atoms with Gasteiger partial charge in [0, 0.05) is 18.8 Å². The third-order valence-electron chi connectivity index (χ3n) is 2.20. The van der Waals surface area contributed by atoms with Crippen molar-refractivity contribution in [1.29, 1.82) is 0 Å². The van der Waals surface area contributed by atoms with E-state index in [9.17, 15) is 9.90 Å². The van der Waals surface area contributed by atoms with Crippen LogP contribution in [0.3, 0.4) is 0 Å². The van der Waals surface area contributed by atoms with Crippen molar-refractivity contribution in [2.75, 3.05) is 18.4 Å². The highest BCUT2D eigenvalue weighted by molar-refractivity contribution is 5.67. The number of para-hydroxylation sites is 1. The van der Waals surface area contributed by atoms with Gasteiger partial charge in [-0.15, -0.1) is 0 Å². The average molecular weight is 266 g/mol. The van der Waals surface area contributed by atoms with Crippen LogP contribution in [0.5, 0.6) is 0 Å². The average Bonchev–Trinajstić information content (AvgIpc) is 2.33. The molecule has 0 saturated carbocycles. The highest BCUT2D eigenvalue weighted by Gasteiger charge is 2.16. The largest absolute Gasteiger partial charge is 0.444 e. The monoisotopic (exact) mass is 266 g/mol. The van der Waals surface area contributed by atoms with Crippen molar-refractivity contribution >= 4 is 11.8 Å². The fourth-order valence-corrected chi connectivity index (χ4v) is 1.38. The summed E-state index contributed by atoms with van der Waals surface area (Å²) in [6, 6.07) is 9.56. The van der Waals surface area contributed by atoms with E-state index >= 15 is 0 Å². The lowest BCUT2D eigenvalue weighted by atomic mass is 10.2. The van der Waals surface area contributed by atoms with Gasteiger partial charge in [-0.1, -0.05) is 18.2 Å². The van der Waals surface area contributed by atoms with Crippen LogP contribution in [0.15, 0.2) is 30.3 Å². The Morgan fingerprint density at radius 3 is 2.47 bits per heavy atom. The molecule has 0 aliphatic heterocycles. The summed E-state index contributed by atoms with van der Waals surface area (Å²) < 4.78 is 5.07. The van der Waals surface area contributed by atoms with Crippen molar-refractivity contribution in [3.05, 3.63) is 30.3 Å². The molecule has 0 bridgehead atoms. The van der Waals surface area contributed by atoms with Crippen LogP contribution >= 0.6 is 0 Å². The Labute approximate surface area is 114 Å². The zero-order valence-electron chi connectivity index (χ0n) is 11.6. The number of rotatable bonds is 5. The molecular formula is C14H22N2O3. The Bertz CT molecular complexity index is 387. The van der Waals surface area contributed by atoms with E-state index in [-0.39, 0.29) is 6.54 Å². The Balaban J connectivity index is 2.21. The summed E-state index contributed by atoms with van der Waals surface area (Å²) in [5.74, 6) is 0.